The highest BCUT2D eigenvalue weighted by Gasteiger charge is 2.40. The Morgan fingerprint density at radius 1 is 1.46 bits per heavy atom. The fourth-order valence-corrected chi connectivity index (χ4v) is 1.49. The highest BCUT2D eigenvalue weighted by molar-refractivity contribution is 5.19. The van der Waals surface area contributed by atoms with E-state index < -0.39 is 17.8 Å². The largest absolute Gasteiger partial charge is 0.390 e. The second-order valence-corrected chi connectivity index (χ2v) is 4.29. The number of aliphatic hydroxyl groups is 3. The lowest BCUT2D eigenvalue weighted by atomic mass is 9.79. The van der Waals surface area contributed by atoms with E-state index in [0.717, 1.165) is 5.57 Å². The Bertz CT molecular complexity index is 218. The predicted molar refractivity (Wildman–Crippen MR) is 50.2 cm³/mol. The maximum absolute atomic E-state index is 9.67. The molecule has 0 amide bonds. The van der Waals surface area contributed by atoms with Gasteiger partial charge in [0.1, 0.15) is 11.7 Å². The first-order chi connectivity index (χ1) is 5.85. The molecule has 3 nitrogen and oxygen atoms in total. The Hall–Kier alpha value is -0.380. The van der Waals surface area contributed by atoms with Crippen molar-refractivity contribution in [3.05, 3.63) is 11.6 Å². The molecule has 0 aromatic carbocycles. The van der Waals surface area contributed by atoms with Crippen molar-refractivity contribution in [3.63, 3.8) is 0 Å². The van der Waals surface area contributed by atoms with Crippen molar-refractivity contribution < 1.29 is 15.3 Å². The number of hydrogen-bond acceptors (Lipinski definition) is 3. The fraction of sp³-hybridized carbons (Fsp3) is 0.800. The molecule has 3 heteroatoms. The van der Waals surface area contributed by atoms with Gasteiger partial charge in [0.15, 0.2) is 0 Å². The molecule has 3 N–H and O–H groups in total. The molecule has 0 saturated carbocycles. The monoisotopic (exact) mass is 186 g/mol. The topological polar surface area (TPSA) is 60.7 Å². The molecule has 0 radical (unpaired) electrons. The molecule has 13 heavy (non-hydrogen) atoms. The van der Waals surface area contributed by atoms with E-state index in [2.05, 4.69) is 0 Å². The minimum absolute atomic E-state index is 0.306. The van der Waals surface area contributed by atoms with Crippen molar-refractivity contribution in [2.45, 2.75) is 45.0 Å². The maximum Gasteiger partial charge on any atom is 0.117 e. The summed E-state index contributed by atoms with van der Waals surface area (Å²) in [6.07, 6.45) is 0.262. The Kier molecular flexibility index (Phi) is 2.80. The van der Waals surface area contributed by atoms with Crippen LogP contribution < -0.4 is 0 Å². The Balaban J connectivity index is 2.88. The number of rotatable bonds is 1. The van der Waals surface area contributed by atoms with Crippen LogP contribution in [-0.2, 0) is 0 Å². The van der Waals surface area contributed by atoms with Crippen LogP contribution in [0.25, 0.3) is 0 Å². The van der Waals surface area contributed by atoms with E-state index in [1.165, 1.54) is 6.92 Å². The highest BCUT2D eigenvalue weighted by atomic mass is 16.4. The zero-order valence-corrected chi connectivity index (χ0v) is 8.36. The van der Waals surface area contributed by atoms with Gasteiger partial charge in [-0.15, -0.1) is 0 Å². The first kappa shape index (κ1) is 10.7. The second kappa shape index (κ2) is 3.40. The number of aliphatic hydroxyl groups excluding tert-OH is 2. The summed E-state index contributed by atoms with van der Waals surface area (Å²) in [6.45, 7) is 5.46. The van der Waals surface area contributed by atoms with Crippen molar-refractivity contribution in [2.75, 3.05) is 0 Å². The molecule has 1 aliphatic rings. The van der Waals surface area contributed by atoms with Crippen molar-refractivity contribution in [3.8, 4) is 0 Å². The van der Waals surface area contributed by atoms with E-state index in [-0.39, 0.29) is 0 Å². The van der Waals surface area contributed by atoms with Gasteiger partial charge in [-0.3, -0.25) is 0 Å². The molecule has 3 atom stereocenters. The summed E-state index contributed by atoms with van der Waals surface area (Å²) >= 11 is 0. The van der Waals surface area contributed by atoms with Gasteiger partial charge in [0.2, 0.25) is 0 Å². The van der Waals surface area contributed by atoms with E-state index in [9.17, 15) is 15.3 Å². The van der Waals surface area contributed by atoms with E-state index in [4.69, 9.17) is 0 Å². The Labute approximate surface area is 78.7 Å². The molecule has 1 aliphatic carbocycles. The zero-order chi connectivity index (χ0) is 10.2. The summed E-state index contributed by atoms with van der Waals surface area (Å²) < 4.78 is 0. The van der Waals surface area contributed by atoms with E-state index in [1.807, 2.05) is 13.8 Å². The van der Waals surface area contributed by atoms with Crippen LogP contribution in [0.4, 0.5) is 0 Å². The highest BCUT2D eigenvalue weighted by Crippen LogP contribution is 2.31. The average Bonchev–Trinajstić information content (AvgIpc) is 2.00. The van der Waals surface area contributed by atoms with Crippen LogP contribution >= 0.6 is 0 Å². The van der Waals surface area contributed by atoms with Gasteiger partial charge < -0.3 is 15.3 Å². The third-order valence-corrected chi connectivity index (χ3v) is 2.82. The number of hydrogen-bond donors (Lipinski definition) is 3. The van der Waals surface area contributed by atoms with Gasteiger partial charge in [0.25, 0.3) is 0 Å². The lowest BCUT2D eigenvalue weighted by Crippen LogP contribution is -2.51. The van der Waals surface area contributed by atoms with Crippen LogP contribution in [0.2, 0.25) is 0 Å². The summed E-state index contributed by atoms with van der Waals surface area (Å²) in [4.78, 5) is 0. The summed E-state index contributed by atoms with van der Waals surface area (Å²) in [7, 11) is 0. The summed E-state index contributed by atoms with van der Waals surface area (Å²) in [5, 5.41) is 28.8. The van der Waals surface area contributed by atoms with Gasteiger partial charge >= 0.3 is 0 Å². The molecule has 0 spiro atoms. The minimum atomic E-state index is -1.40. The van der Waals surface area contributed by atoms with Gasteiger partial charge in [-0.1, -0.05) is 25.5 Å². The van der Waals surface area contributed by atoms with E-state index in [1.54, 1.807) is 6.08 Å². The van der Waals surface area contributed by atoms with Crippen LogP contribution in [0.15, 0.2) is 11.6 Å². The molecule has 0 fully saturated rings. The molecule has 0 saturated heterocycles. The fourth-order valence-electron chi connectivity index (χ4n) is 1.49. The molecule has 0 bridgehead atoms. The van der Waals surface area contributed by atoms with Crippen LogP contribution in [0.5, 0.6) is 0 Å². The van der Waals surface area contributed by atoms with Gasteiger partial charge in [0, 0.05) is 0 Å². The SMILES string of the molecule is CC(C)C1=C[C@@H](O)[C@@](C)(O)[C@@H](O)C1. The minimum Gasteiger partial charge on any atom is -0.390 e. The molecule has 0 heterocycles. The molecule has 1 rings (SSSR count). The molecule has 0 unspecified atom stereocenters. The van der Waals surface area contributed by atoms with Gasteiger partial charge in [-0.2, -0.15) is 0 Å². The Morgan fingerprint density at radius 2 is 2.00 bits per heavy atom. The van der Waals surface area contributed by atoms with Crippen LogP contribution in [-0.4, -0.2) is 33.1 Å². The first-order valence-electron chi connectivity index (χ1n) is 4.64. The maximum atomic E-state index is 9.67. The second-order valence-electron chi connectivity index (χ2n) is 4.29. The van der Waals surface area contributed by atoms with Crippen molar-refractivity contribution in [1.29, 1.82) is 0 Å². The van der Waals surface area contributed by atoms with Gasteiger partial charge in [0.05, 0.1) is 6.10 Å². The van der Waals surface area contributed by atoms with Crippen LogP contribution in [0.1, 0.15) is 27.2 Å². The molecule has 0 aromatic heterocycles. The third-order valence-electron chi connectivity index (χ3n) is 2.82. The molecular formula is C10H18O3. The lowest BCUT2D eigenvalue weighted by Gasteiger charge is -2.37. The van der Waals surface area contributed by atoms with Crippen molar-refractivity contribution in [1.82, 2.24) is 0 Å². The molecule has 76 valence electrons. The van der Waals surface area contributed by atoms with Crippen LogP contribution in [0, 0.1) is 5.92 Å². The summed E-state index contributed by atoms with van der Waals surface area (Å²) in [5.74, 6) is 0.306. The molecule has 0 aromatic rings. The van der Waals surface area contributed by atoms with Crippen molar-refractivity contribution in [2.24, 2.45) is 5.92 Å². The standard InChI is InChI=1S/C10H18O3/c1-6(2)7-4-8(11)10(3,13)9(12)5-7/h4,6,8-9,11-13H,5H2,1-3H3/t8-,9+,10-/m1/s1. The molecule has 0 aliphatic heterocycles. The van der Waals surface area contributed by atoms with Crippen LogP contribution in [0.3, 0.4) is 0 Å². The smallest absolute Gasteiger partial charge is 0.117 e. The van der Waals surface area contributed by atoms with Gasteiger partial charge in [-0.05, 0) is 19.3 Å². The van der Waals surface area contributed by atoms with E-state index in [0.29, 0.717) is 12.3 Å². The predicted octanol–water partition coefficient (Wildman–Crippen LogP) is 0.445. The quantitative estimate of drug-likeness (QED) is 0.521. The average molecular weight is 186 g/mol. The Morgan fingerprint density at radius 3 is 2.38 bits per heavy atom. The zero-order valence-electron chi connectivity index (χ0n) is 8.36. The van der Waals surface area contributed by atoms with Gasteiger partial charge in [-0.25, -0.2) is 0 Å². The molecular weight excluding hydrogens is 168 g/mol. The summed E-state index contributed by atoms with van der Waals surface area (Å²) in [6, 6.07) is 0. The van der Waals surface area contributed by atoms with Crippen molar-refractivity contribution >= 4 is 0 Å². The third kappa shape index (κ3) is 1.93. The lowest BCUT2D eigenvalue weighted by molar-refractivity contribution is -0.124. The summed E-state index contributed by atoms with van der Waals surface area (Å²) in [5.41, 5.74) is -0.398. The normalized spacial score (nSPS) is 40.7. The first-order valence-corrected chi connectivity index (χ1v) is 4.64. The van der Waals surface area contributed by atoms with E-state index >= 15 is 0 Å².